The van der Waals surface area contributed by atoms with Crippen LogP contribution in [0, 0.1) is 24.0 Å². The highest BCUT2D eigenvalue weighted by molar-refractivity contribution is 5.90. The van der Waals surface area contributed by atoms with Gasteiger partial charge >= 0.3 is 5.97 Å². The lowest BCUT2D eigenvalue weighted by Crippen LogP contribution is -2.09. The molecule has 2 rings (SSSR count). The summed E-state index contributed by atoms with van der Waals surface area (Å²) < 4.78 is 5.41. The third-order valence-corrected chi connectivity index (χ3v) is 3.46. The van der Waals surface area contributed by atoms with Crippen molar-refractivity contribution in [1.29, 1.82) is 0 Å². The quantitative estimate of drug-likeness (QED) is 0.483. The summed E-state index contributed by atoms with van der Waals surface area (Å²) in [4.78, 5) is 22.4. The van der Waals surface area contributed by atoms with Gasteiger partial charge in [0.25, 0.3) is 5.69 Å². The predicted octanol–water partition coefficient (Wildman–Crippen LogP) is 4.13. The Kier molecular flexibility index (Phi) is 4.56. The van der Waals surface area contributed by atoms with Gasteiger partial charge in [-0.1, -0.05) is 29.8 Å². The highest BCUT2D eigenvalue weighted by Crippen LogP contribution is 2.22. The molecule has 114 valence electrons. The summed E-state index contributed by atoms with van der Waals surface area (Å²) in [5.74, 6) is -0.494. The average Bonchev–Trinajstić information content (AvgIpc) is 2.47. The first kappa shape index (κ1) is 15.7. The Labute approximate surface area is 128 Å². The third-order valence-electron chi connectivity index (χ3n) is 3.46. The van der Waals surface area contributed by atoms with Crippen molar-refractivity contribution in [3.63, 3.8) is 0 Å². The molecule has 0 amide bonds. The Morgan fingerprint density at radius 2 is 1.77 bits per heavy atom. The fraction of sp³-hybridized carbons (Fsp3) is 0.235. The zero-order valence-electron chi connectivity index (χ0n) is 12.7. The molecule has 0 fully saturated rings. The largest absolute Gasteiger partial charge is 0.454 e. The number of benzene rings is 2. The number of rotatable bonds is 4. The van der Waals surface area contributed by atoms with Crippen molar-refractivity contribution in [2.75, 3.05) is 0 Å². The Morgan fingerprint density at radius 3 is 2.32 bits per heavy atom. The summed E-state index contributed by atoms with van der Waals surface area (Å²) in [6, 6.07) is 11.9. The molecule has 0 N–H and O–H groups in total. The van der Waals surface area contributed by atoms with Crippen molar-refractivity contribution in [3.8, 4) is 0 Å². The first-order valence-corrected chi connectivity index (χ1v) is 6.91. The molecule has 0 aromatic heterocycles. The number of ether oxygens (including phenoxy) is 1. The van der Waals surface area contributed by atoms with Crippen LogP contribution in [0.1, 0.15) is 40.1 Å². The van der Waals surface area contributed by atoms with Crippen LogP contribution < -0.4 is 0 Å². The molecule has 0 aliphatic heterocycles. The fourth-order valence-corrected chi connectivity index (χ4v) is 2.12. The molecule has 22 heavy (non-hydrogen) atoms. The minimum atomic E-state index is -0.494. The lowest BCUT2D eigenvalue weighted by Gasteiger charge is -2.14. The molecule has 0 radical (unpaired) electrons. The van der Waals surface area contributed by atoms with E-state index in [1.807, 2.05) is 31.2 Å². The van der Waals surface area contributed by atoms with Crippen molar-refractivity contribution in [3.05, 3.63) is 74.8 Å². The van der Waals surface area contributed by atoms with Gasteiger partial charge in [0.15, 0.2) is 0 Å². The van der Waals surface area contributed by atoms with Crippen LogP contribution in [0.15, 0.2) is 42.5 Å². The zero-order valence-corrected chi connectivity index (χ0v) is 12.7. The molecule has 0 saturated carbocycles. The molecule has 1 unspecified atom stereocenters. The highest BCUT2D eigenvalue weighted by atomic mass is 16.6. The van der Waals surface area contributed by atoms with Crippen LogP contribution in [-0.2, 0) is 4.74 Å². The number of carbonyl (C=O) groups is 1. The smallest absolute Gasteiger partial charge is 0.338 e. The van der Waals surface area contributed by atoms with Crippen LogP contribution in [0.3, 0.4) is 0 Å². The monoisotopic (exact) mass is 299 g/mol. The van der Waals surface area contributed by atoms with E-state index in [1.54, 1.807) is 13.8 Å². The number of esters is 1. The third kappa shape index (κ3) is 3.49. The van der Waals surface area contributed by atoms with E-state index in [0.29, 0.717) is 11.1 Å². The van der Waals surface area contributed by atoms with Gasteiger partial charge in [-0.25, -0.2) is 4.79 Å². The van der Waals surface area contributed by atoms with E-state index in [2.05, 4.69) is 0 Å². The molecule has 1 atom stereocenters. The molecule has 0 bridgehead atoms. The number of hydrogen-bond donors (Lipinski definition) is 0. The fourth-order valence-electron chi connectivity index (χ4n) is 2.12. The Bertz CT molecular complexity index is 707. The van der Waals surface area contributed by atoms with Gasteiger partial charge in [-0.05, 0) is 38.5 Å². The topological polar surface area (TPSA) is 69.4 Å². The number of nitro benzene ring substituents is 1. The van der Waals surface area contributed by atoms with Crippen molar-refractivity contribution >= 4 is 11.7 Å². The molecule has 2 aromatic rings. The Hall–Kier alpha value is -2.69. The van der Waals surface area contributed by atoms with Gasteiger partial charge < -0.3 is 4.74 Å². The second-order valence-corrected chi connectivity index (χ2v) is 5.22. The zero-order chi connectivity index (χ0) is 16.3. The first-order chi connectivity index (χ1) is 10.4. The number of nitrogens with zero attached hydrogens (tertiary/aromatic N) is 1. The molecule has 5 nitrogen and oxygen atoms in total. The first-order valence-electron chi connectivity index (χ1n) is 6.91. The minimum Gasteiger partial charge on any atom is -0.454 e. The number of nitro groups is 1. The summed E-state index contributed by atoms with van der Waals surface area (Å²) >= 11 is 0. The average molecular weight is 299 g/mol. The van der Waals surface area contributed by atoms with Crippen molar-refractivity contribution in [2.45, 2.75) is 26.9 Å². The maximum Gasteiger partial charge on any atom is 0.338 e. The molecular weight excluding hydrogens is 282 g/mol. The molecule has 2 aromatic carbocycles. The van der Waals surface area contributed by atoms with E-state index >= 15 is 0 Å². The van der Waals surface area contributed by atoms with Gasteiger partial charge in [-0.3, -0.25) is 10.1 Å². The van der Waals surface area contributed by atoms with Crippen LogP contribution in [0.5, 0.6) is 0 Å². The van der Waals surface area contributed by atoms with Crippen LogP contribution in [0.2, 0.25) is 0 Å². The standard InChI is InChI=1S/C17H17NO4/c1-11-4-6-14(7-5-11)13(3)22-17(19)15-8-9-16(18(20)21)12(2)10-15/h4-10,13H,1-3H3. The van der Waals surface area contributed by atoms with E-state index in [4.69, 9.17) is 4.74 Å². The molecule has 0 heterocycles. The van der Waals surface area contributed by atoms with Crippen LogP contribution in [0.25, 0.3) is 0 Å². The summed E-state index contributed by atoms with van der Waals surface area (Å²) in [6.07, 6.45) is -0.386. The van der Waals surface area contributed by atoms with E-state index < -0.39 is 10.9 Å². The van der Waals surface area contributed by atoms with Gasteiger partial charge in [0, 0.05) is 11.6 Å². The van der Waals surface area contributed by atoms with Crippen LogP contribution in [0.4, 0.5) is 5.69 Å². The van der Waals surface area contributed by atoms with E-state index in [9.17, 15) is 14.9 Å². The highest BCUT2D eigenvalue weighted by Gasteiger charge is 2.17. The molecular formula is C17H17NO4. The molecule has 0 saturated heterocycles. The van der Waals surface area contributed by atoms with Crippen molar-refractivity contribution < 1.29 is 14.5 Å². The van der Waals surface area contributed by atoms with Crippen LogP contribution in [-0.4, -0.2) is 10.9 Å². The Morgan fingerprint density at radius 1 is 1.14 bits per heavy atom. The second-order valence-electron chi connectivity index (χ2n) is 5.22. The molecule has 0 aliphatic rings. The van der Waals surface area contributed by atoms with Gasteiger partial charge in [0.2, 0.25) is 0 Å². The normalized spacial score (nSPS) is 11.8. The van der Waals surface area contributed by atoms with E-state index in [-0.39, 0.29) is 11.8 Å². The van der Waals surface area contributed by atoms with Gasteiger partial charge in [0.05, 0.1) is 10.5 Å². The summed E-state index contributed by atoms with van der Waals surface area (Å²) in [7, 11) is 0. The molecule has 5 heteroatoms. The van der Waals surface area contributed by atoms with Gasteiger partial charge in [-0.15, -0.1) is 0 Å². The summed E-state index contributed by atoms with van der Waals surface area (Å²) in [6.45, 7) is 5.37. The summed E-state index contributed by atoms with van der Waals surface area (Å²) in [5.41, 5.74) is 2.76. The van der Waals surface area contributed by atoms with Crippen molar-refractivity contribution in [1.82, 2.24) is 0 Å². The lowest BCUT2D eigenvalue weighted by atomic mass is 10.1. The SMILES string of the molecule is Cc1ccc(C(C)OC(=O)c2ccc([N+](=O)[O-])c(C)c2)cc1. The van der Waals surface area contributed by atoms with Crippen LogP contribution >= 0.6 is 0 Å². The maximum absolute atomic E-state index is 12.1. The number of carbonyl (C=O) groups excluding carboxylic acids is 1. The summed E-state index contributed by atoms with van der Waals surface area (Å²) in [5, 5.41) is 10.8. The maximum atomic E-state index is 12.1. The number of hydrogen-bond acceptors (Lipinski definition) is 4. The van der Waals surface area contributed by atoms with E-state index in [1.165, 1.54) is 18.2 Å². The predicted molar refractivity (Wildman–Crippen MR) is 82.8 cm³/mol. The second kappa shape index (κ2) is 6.39. The van der Waals surface area contributed by atoms with Gasteiger partial charge in [-0.2, -0.15) is 0 Å². The Balaban J connectivity index is 2.13. The molecule has 0 spiro atoms. The molecule has 0 aliphatic carbocycles. The van der Waals surface area contributed by atoms with Gasteiger partial charge in [0.1, 0.15) is 6.10 Å². The van der Waals surface area contributed by atoms with Crippen molar-refractivity contribution in [2.24, 2.45) is 0 Å². The minimum absolute atomic E-state index is 0.0110. The number of aryl methyl sites for hydroxylation is 2. The lowest BCUT2D eigenvalue weighted by molar-refractivity contribution is -0.385. The van der Waals surface area contributed by atoms with E-state index in [0.717, 1.165) is 11.1 Å².